The number of rotatable bonds is 0. The summed E-state index contributed by atoms with van der Waals surface area (Å²) in [5, 5.41) is 1.12. The molecule has 14 heavy (non-hydrogen) atoms. The zero-order valence-corrected chi connectivity index (χ0v) is 11.2. The molecule has 0 aliphatic rings. The Bertz CT molecular complexity index is 428. The third kappa shape index (κ3) is 1.87. The van der Waals surface area contributed by atoms with Crippen LogP contribution in [0.5, 0.6) is 0 Å². The molecule has 0 unspecified atom stereocenters. The lowest BCUT2D eigenvalue weighted by Crippen LogP contribution is -1.86. The van der Waals surface area contributed by atoms with Crippen molar-refractivity contribution in [2.24, 2.45) is 0 Å². The highest BCUT2D eigenvalue weighted by molar-refractivity contribution is 14.1. The van der Waals surface area contributed by atoms with Crippen LogP contribution in [0, 0.1) is 9.39 Å². The van der Waals surface area contributed by atoms with Crippen molar-refractivity contribution >= 4 is 61.0 Å². The molecule has 0 radical (unpaired) electrons. The van der Waals surface area contributed by atoms with Gasteiger partial charge >= 0.3 is 0 Å². The van der Waals surface area contributed by atoms with Crippen LogP contribution in [0.3, 0.4) is 0 Å². The minimum absolute atomic E-state index is 0.242. The highest BCUT2D eigenvalue weighted by Crippen LogP contribution is 2.27. The Hall–Kier alpha value is 0.0600. The molecule has 1 heterocycles. The Balaban J connectivity index is 2.83. The number of hydrogen-bond acceptors (Lipinski definition) is 1. The van der Waals surface area contributed by atoms with Gasteiger partial charge in [-0.25, -0.2) is 9.37 Å². The Kier molecular flexibility index (Phi) is 2.95. The van der Waals surface area contributed by atoms with E-state index in [-0.39, 0.29) is 5.82 Å². The van der Waals surface area contributed by atoms with Gasteiger partial charge in [0.05, 0.1) is 13.6 Å². The van der Waals surface area contributed by atoms with Gasteiger partial charge in [0.15, 0.2) is 0 Å². The van der Waals surface area contributed by atoms with Crippen molar-refractivity contribution in [3.8, 4) is 0 Å². The smallest absolute Gasteiger partial charge is 0.143 e. The molecule has 72 valence electrons. The summed E-state index contributed by atoms with van der Waals surface area (Å²) >= 11 is 11.0. The Morgan fingerprint density at radius 1 is 1.36 bits per heavy atom. The zero-order valence-electron chi connectivity index (χ0n) is 6.69. The molecule has 0 saturated carbocycles. The first-order valence-electron chi connectivity index (χ1n) is 3.69. The molecule has 0 bridgehead atoms. The van der Waals surface area contributed by atoms with Crippen LogP contribution in [0.2, 0.25) is 5.15 Å². The van der Waals surface area contributed by atoms with E-state index in [4.69, 9.17) is 11.6 Å². The fourth-order valence-corrected chi connectivity index (χ4v) is 2.05. The van der Waals surface area contributed by atoms with Crippen LogP contribution >= 0.6 is 50.1 Å². The van der Waals surface area contributed by atoms with E-state index in [0.29, 0.717) is 18.7 Å². The number of nitrogens with zero attached hydrogens (tertiary/aromatic N) is 1. The minimum Gasteiger partial charge on any atom is -0.235 e. The standard InChI is InChI=1S/C9H3BrClFIN/c10-5-1-4-2-6(12)7(13)3-8(4)14-9(5)11/h1-3H. The van der Waals surface area contributed by atoms with Crippen molar-refractivity contribution in [2.45, 2.75) is 0 Å². The van der Waals surface area contributed by atoms with Gasteiger partial charge in [-0.2, -0.15) is 0 Å². The van der Waals surface area contributed by atoms with E-state index >= 15 is 0 Å². The first-order valence-corrected chi connectivity index (χ1v) is 5.93. The third-order valence-corrected chi connectivity index (χ3v) is 3.72. The van der Waals surface area contributed by atoms with Gasteiger partial charge < -0.3 is 0 Å². The maximum absolute atomic E-state index is 13.2. The van der Waals surface area contributed by atoms with Crippen LogP contribution in [0.15, 0.2) is 22.7 Å². The number of halogens is 4. The first kappa shape index (κ1) is 10.6. The molecule has 1 aromatic heterocycles. The Morgan fingerprint density at radius 3 is 2.79 bits per heavy atom. The predicted molar refractivity (Wildman–Crippen MR) is 67.1 cm³/mol. The van der Waals surface area contributed by atoms with Crippen LogP contribution in [-0.4, -0.2) is 4.98 Å². The molecule has 0 saturated heterocycles. The van der Waals surface area contributed by atoms with Gasteiger partial charge in [-0.3, -0.25) is 0 Å². The molecular weight excluding hydrogens is 383 g/mol. The molecule has 5 heteroatoms. The normalized spacial score (nSPS) is 10.9. The summed E-state index contributed by atoms with van der Waals surface area (Å²) in [4.78, 5) is 4.12. The second-order valence-electron chi connectivity index (χ2n) is 2.72. The van der Waals surface area contributed by atoms with Gasteiger partial charge in [-0.1, -0.05) is 11.6 Å². The minimum atomic E-state index is -0.242. The molecule has 0 fully saturated rings. The molecule has 1 aromatic carbocycles. The maximum atomic E-state index is 13.2. The van der Waals surface area contributed by atoms with Crippen LogP contribution < -0.4 is 0 Å². The van der Waals surface area contributed by atoms with Gasteiger partial charge in [0.2, 0.25) is 0 Å². The fourth-order valence-electron chi connectivity index (χ4n) is 1.12. The zero-order chi connectivity index (χ0) is 10.3. The van der Waals surface area contributed by atoms with Gasteiger partial charge in [-0.05, 0) is 56.7 Å². The Morgan fingerprint density at radius 2 is 2.07 bits per heavy atom. The average molecular weight is 386 g/mol. The molecule has 0 amide bonds. The predicted octanol–water partition coefficient (Wildman–Crippen LogP) is 4.39. The number of aromatic nitrogens is 1. The van der Waals surface area contributed by atoms with E-state index in [9.17, 15) is 4.39 Å². The highest BCUT2D eigenvalue weighted by Gasteiger charge is 2.06. The first-order chi connectivity index (χ1) is 6.58. The van der Waals surface area contributed by atoms with Crippen LogP contribution in [0.1, 0.15) is 0 Å². The van der Waals surface area contributed by atoms with Crippen LogP contribution in [0.4, 0.5) is 4.39 Å². The van der Waals surface area contributed by atoms with E-state index < -0.39 is 0 Å². The van der Waals surface area contributed by atoms with Crippen molar-refractivity contribution in [2.75, 3.05) is 0 Å². The molecule has 0 aliphatic heterocycles. The van der Waals surface area contributed by atoms with Gasteiger partial charge in [-0.15, -0.1) is 0 Å². The number of pyridine rings is 1. The van der Waals surface area contributed by atoms with Crippen molar-refractivity contribution in [3.05, 3.63) is 37.2 Å². The molecule has 2 rings (SSSR count). The summed E-state index contributed by atoms with van der Waals surface area (Å²) in [6, 6.07) is 4.87. The van der Waals surface area contributed by atoms with E-state index in [1.165, 1.54) is 6.07 Å². The monoisotopic (exact) mass is 385 g/mol. The SMILES string of the molecule is Fc1cc2cc(Br)c(Cl)nc2cc1I. The van der Waals surface area contributed by atoms with Gasteiger partial charge in [0.25, 0.3) is 0 Å². The highest BCUT2D eigenvalue weighted by atomic mass is 127. The van der Waals surface area contributed by atoms with Crippen LogP contribution in [0.25, 0.3) is 10.9 Å². The second kappa shape index (κ2) is 3.90. The lowest BCUT2D eigenvalue weighted by molar-refractivity contribution is 0.622. The molecule has 2 aromatic rings. The van der Waals surface area contributed by atoms with Gasteiger partial charge in [0, 0.05) is 5.39 Å². The second-order valence-corrected chi connectivity index (χ2v) is 5.09. The molecule has 0 atom stereocenters. The topological polar surface area (TPSA) is 12.9 Å². The van der Waals surface area contributed by atoms with Gasteiger partial charge in [0.1, 0.15) is 11.0 Å². The molecular formula is C9H3BrClFIN. The third-order valence-electron chi connectivity index (χ3n) is 1.77. The van der Waals surface area contributed by atoms with Crippen LogP contribution in [-0.2, 0) is 0 Å². The fraction of sp³-hybridized carbons (Fsp3) is 0. The number of hydrogen-bond donors (Lipinski definition) is 0. The lowest BCUT2D eigenvalue weighted by atomic mass is 10.2. The largest absolute Gasteiger partial charge is 0.235 e. The Labute approximate surface area is 107 Å². The average Bonchev–Trinajstić information content (AvgIpc) is 2.11. The summed E-state index contributed by atoms with van der Waals surface area (Å²) < 4.78 is 14.4. The van der Waals surface area contributed by atoms with Crippen molar-refractivity contribution in [1.82, 2.24) is 4.98 Å². The van der Waals surface area contributed by atoms with E-state index in [1.54, 1.807) is 12.1 Å². The maximum Gasteiger partial charge on any atom is 0.143 e. The van der Waals surface area contributed by atoms with Crippen molar-refractivity contribution in [1.29, 1.82) is 0 Å². The van der Waals surface area contributed by atoms with E-state index in [2.05, 4.69) is 20.9 Å². The summed E-state index contributed by atoms with van der Waals surface area (Å²) in [5.41, 5.74) is 0.698. The molecule has 0 spiro atoms. The molecule has 0 aliphatic carbocycles. The lowest BCUT2D eigenvalue weighted by Gasteiger charge is -2.01. The molecule has 0 N–H and O–H groups in total. The summed E-state index contributed by atoms with van der Waals surface area (Å²) in [5.74, 6) is -0.242. The summed E-state index contributed by atoms with van der Waals surface area (Å²) in [6.07, 6.45) is 0. The quantitative estimate of drug-likeness (QED) is 0.483. The summed E-state index contributed by atoms with van der Waals surface area (Å²) in [6.45, 7) is 0. The summed E-state index contributed by atoms with van der Waals surface area (Å²) in [7, 11) is 0. The number of fused-ring (bicyclic) bond motifs is 1. The number of benzene rings is 1. The van der Waals surface area contributed by atoms with E-state index in [1.807, 2.05) is 22.6 Å². The molecule has 1 nitrogen and oxygen atoms in total. The van der Waals surface area contributed by atoms with Crippen molar-refractivity contribution in [3.63, 3.8) is 0 Å². The van der Waals surface area contributed by atoms with E-state index in [0.717, 1.165) is 5.39 Å². The van der Waals surface area contributed by atoms with Crippen molar-refractivity contribution < 1.29 is 4.39 Å².